The summed E-state index contributed by atoms with van der Waals surface area (Å²) in [7, 11) is 1.00. The summed E-state index contributed by atoms with van der Waals surface area (Å²) in [5, 5.41) is 41.2. The van der Waals surface area contributed by atoms with Gasteiger partial charge in [-0.15, -0.1) is 19.7 Å². The molecule has 2 aromatic rings. The Hall–Kier alpha value is -3.80. The van der Waals surface area contributed by atoms with Crippen LogP contribution in [0.25, 0.3) is 0 Å². The third-order valence-electron chi connectivity index (χ3n) is 14.2. The highest BCUT2D eigenvalue weighted by Crippen LogP contribution is 2.66. The second-order valence-corrected chi connectivity index (χ2v) is 16.1. The van der Waals surface area contributed by atoms with Gasteiger partial charge < -0.3 is 29.9 Å². The van der Waals surface area contributed by atoms with Crippen molar-refractivity contribution in [3.8, 4) is 17.2 Å². The zero-order chi connectivity index (χ0) is 37.5. The van der Waals surface area contributed by atoms with Crippen molar-refractivity contribution < 1.29 is 39.5 Å². The normalized spacial score (nSPS) is 36.3. The fourth-order valence-corrected chi connectivity index (χ4v) is 12.1. The van der Waals surface area contributed by atoms with Crippen molar-refractivity contribution in [1.29, 1.82) is 0 Å². The molecule has 10 heteroatoms. The van der Waals surface area contributed by atoms with E-state index in [1.54, 1.807) is 6.07 Å². The number of carbonyl (C=O) groups is 2. The van der Waals surface area contributed by atoms with Crippen molar-refractivity contribution in [1.82, 2.24) is 9.80 Å². The standard InChI is InChI=1S/C23H27NO3.C19H21NO4.CH4O/c1-3-5-6-15-7-8-16-14-18-23(26)10-9-17(25)21-22(23,19(16)20(15)27-21)11-13-24(18)12-4-2;1-2-8-20-9-7-18-15-11-3-4-12(21)16(15)24-17(18)13(22)5-6-19(18,23)14(20)10-11;1-2/h3-4,7-8,18,21,26H,1-2,5-6,9-14H2;2-4,14,17,21,23H,1,5-10H2;2H,1H3/t18-,21+,22+,23?;14-,17+,18+,19?;/m11./s1. The summed E-state index contributed by atoms with van der Waals surface area (Å²) in [5.74, 6) is 1.55. The van der Waals surface area contributed by atoms with Gasteiger partial charge in [-0.25, -0.2) is 0 Å². The highest BCUT2D eigenvalue weighted by Gasteiger charge is 2.74. The van der Waals surface area contributed by atoms with E-state index in [0.717, 1.165) is 87.0 Å². The van der Waals surface area contributed by atoms with E-state index in [-0.39, 0.29) is 29.4 Å². The van der Waals surface area contributed by atoms with Crippen LogP contribution in [-0.4, -0.2) is 111 Å². The quantitative estimate of drug-likeness (QED) is 0.313. The summed E-state index contributed by atoms with van der Waals surface area (Å²) in [6.07, 6.45) is 10.9. The number of hydrogen-bond acceptors (Lipinski definition) is 10. The second kappa shape index (κ2) is 12.9. The number of benzene rings is 2. The minimum Gasteiger partial charge on any atom is -0.504 e. The number of piperidine rings is 2. The van der Waals surface area contributed by atoms with E-state index in [9.17, 15) is 24.9 Å². The first-order valence-electron chi connectivity index (χ1n) is 19.2. The van der Waals surface area contributed by atoms with E-state index in [4.69, 9.17) is 14.6 Å². The molecule has 0 amide bonds. The third-order valence-corrected chi connectivity index (χ3v) is 14.2. The lowest BCUT2D eigenvalue weighted by Crippen LogP contribution is -2.76. The fraction of sp³-hybridized carbons (Fsp3) is 0.535. The van der Waals surface area contributed by atoms with Crippen LogP contribution in [0.5, 0.6) is 17.2 Å². The van der Waals surface area contributed by atoms with E-state index >= 15 is 0 Å². The minimum absolute atomic E-state index is 0.0147. The predicted octanol–water partition coefficient (Wildman–Crippen LogP) is 3.62. The molecule has 2 aromatic carbocycles. The molecule has 0 radical (unpaired) electrons. The molecule has 10 rings (SSSR count). The van der Waals surface area contributed by atoms with Crippen LogP contribution in [0.15, 0.2) is 62.2 Å². The van der Waals surface area contributed by atoms with Crippen LogP contribution in [0.2, 0.25) is 0 Å². The lowest BCUT2D eigenvalue weighted by Gasteiger charge is -2.62. The summed E-state index contributed by atoms with van der Waals surface area (Å²) >= 11 is 0. The Morgan fingerprint density at radius 3 is 1.74 bits per heavy atom. The van der Waals surface area contributed by atoms with E-state index in [1.165, 1.54) is 5.56 Å². The number of ketones is 2. The van der Waals surface area contributed by atoms with E-state index in [2.05, 4.69) is 41.7 Å². The Morgan fingerprint density at radius 2 is 1.23 bits per heavy atom. The molecule has 53 heavy (non-hydrogen) atoms. The number of phenolic OH excluding ortho intramolecular Hbond substituents is 1. The number of rotatable bonds is 7. The zero-order valence-corrected chi connectivity index (χ0v) is 30.7. The number of hydrogen-bond donors (Lipinski definition) is 4. The fourth-order valence-electron chi connectivity index (χ4n) is 12.1. The molecule has 2 saturated carbocycles. The van der Waals surface area contributed by atoms with Gasteiger partial charge in [0.1, 0.15) is 5.75 Å². The zero-order valence-electron chi connectivity index (χ0n) is 30.7. The second-order valence-electron chi connectivity index (χ2n) is 16.1. The van der Waals surface area contributed by atoms with E-state index in [1.807, 2.05) is 24.3 Å². The molecular weight excluding hydrogens is 672 g/mol. The lowest BCUT2D eigenvalue weighted by molar-refractivity contribution is -0.187. The maximum Gasteiger partial charge on any atom is 0.174 e. The average molecular weight is 725 g/mol. The molecule has 4 N–H and O–H groups in total. The van der Waals surface area contributed by atoms with Crippen LogP contribution in [0.4, 0.5) is 0 Å². The third kappa shape index (κ3) is 4.56. The molecular formula is C43H52N2O8. The highest BCUT2D eigenvalue weighted by atomic mass is 16.5. The molecule has 2 saturated heterocycles. The number of ether oxygens (including phenoxy) is 2. The number of aliphatic hydroxyl groups is 3. The van der Waals surface area contributed by atoms with Gasteiger partial charge in [-0.2, -0.15) is 0 Å². The summed E-state index contributed by atoms with van der Waals surface area (Å²) < 4.78 is 12.4. The van der Waals surface area contributed by atoms with Crippen LogP contribution >= 0.6 is 0 Å². The number of carbonyl (C=O) groups excluding carboxylic acids is 2. The number of aryl methyl sites for hydroxylation is 1. The molecule has 4 fully saturated rings. The Kier molecular flexibility index (Phi) is 8.82. The number of aliphatic hydroxyl groups excluding tert-OH is 1. The van der Waals surface area contributed by atoms with Gasteiger partial charge in [0.25, 0.3) is 0 Å². The summed E-state index contributed by atoms with van der Waals surface area (Å²) in [6, 6.07) is 7.88. The number of nitrogens with zero attached hydrogens (tertiary/aromatic N) is 2. The van der Waals surface area contributed by atoms with Gasteiger partial charge in [-0.3, -0.25) is 19.4 Å². The Morgan fingerprint density at radius 1 is 0.736 bits per heavy atom. The van der Waals surface area contributed by atoms with Crippen LogP contribution in [-0.2, 0) is 39.7 Å². The van der Waals surface area contributed by atoms with Crippen LogP contribution in [0.1, 0.15) is 72.8 Å². The van der Waals surface area contributed by atoms with Gasteiger partial charge in [-0.05, 0) is 74.1 Å². The first-order valence-corrected chi connectivity index (χ1v) is 19.2. The Labute approximate surface area is 311 Å². The maximum atomic E-state index is 12.9. The lowest BCUT2D eigenvalue weighted by atomic mass is 9.49. The predicted molar refractivity (Wildman–Crippen MR) is 200 cm³/mol. The van der Waals surface area contributed by atoms with E-state index in [0.29, 0.717) is 44.3 Å². The summed E-state index contributed by atoms with van der Waals surface area (Å²) in [4.78, 5) is 30.2. The topological polar surface area (TPSA) is 140 Å². The van der Waals surface area contributed by atoms with Crippen molar-refractivity contribution in [3.05, 3.63) is 90.0 Å². The number of likely N-dealkylation sites (tertiary alicyclic amines) is 2. The highest BCUT2D eigenvalue weighted by molar-refractivity contribution is 5.90. The molecule has 4 heterocycles. The molecule has 2 spiro atoms. The van der Waals surface area contributed by atoms with E-state index < -0.39 is 34.2 Å². The van der Waals surface area contributed by atoms with Crippen LogP contribution < -0.4 is 9.47 Å². The van der Waals surface area contributed by atoms with Crippen molar-refractivity contribution in [2.75, 3.05) is 33.3 Å². The van der Waals surface area contributed by atoms with Gasteiger partial charge in [0.2, 0.25) is 0 Å². The van der Waals surface area contributed by atoms with Gasteiger partial charge in [0, 0.05) is 69.3 Å². The molecule has 10 nitrogen and oxygen atoms in total. The van der Waals surface area contributed by atoms with Gasteiger partial charge in [0.05, 0.1) is 22.0 Å². The van der Waals surface area contributed by atoms with Crippen LogP contribution in [0, 0.1) is 0 Å². The number of phenols is 1. The SMILES string of the molecule is C=CCCc1ccc2c3c1O[C@H]1C(=O)CCC4(O)[C@@H](C2)N(CC=C)CC[C@]314.C=CCN1CC[C@]23c4c5ccc(O)c4O[C@H]2C(=O)CCC3(O)[C@H]1C5.CO. The molecule has 4 bridgehead atoms. The van der Waals surface area contributed by atoms with Crippen LogP contribution in [0.3, 0.4) is 0 Å². The summed E-state index contributed by atoms with van der Waals surface area (Å²) in [6.45, 7) is 14.7. The smallest absolute Gasteiger partial charge is 0.174 e. The first kappa shape index (κ1) is 36.2. The first-order chi connectivity index (χ1) is 25.6. The molecule has 2 unspecified atom stereocenters. The van der Waals surface area contributed by atoms with Crippen molar-refractivity contribution >= 4 is 11.6 Å². The Bertz CT molecular complexity index is 1890. The van der Waals surface area contributed by atoms with Gasteiger partial charge in [-0.1, -0.05) is 36.4 Å². The molecule has 8 atom stereocenters. The molecule has 0 aromatic heterocycles. The van der Waals surface area contributed by atoms with Crippen molar-refractivity contribution in [3.63, 3.8) is 0 Å². The molecule has 4 aliphatic carbocycles. The molecule has 4 aliphatic heterocycles. The summed E-state index contributed by atoms with van der Waals surface area (Å²) in [5.41, 5.74) is 2.28. The van der Waals surface area contributed by atoms with Gasteiger partial charge >= 0.3 is 0 Å². The number of Topliss-reactive ketones (excluding diaryl/α,β-unsaturated/α-hetero) is 2. The van der Waals surface area contributed by atoms with Crippen molar-refractivity contribution in [2.24, 2.45) is 0 Å². The number of allylic oxidation sites excluding steroid dienone is 1. The maximum absolute atomic E-state index is 12.9. The minimum atomic E-state index is -1.00. The molecule has 8 aliphatic rings. The average Bonchev–Trinajstić information content (AvgIpc) is 3.71. The largest absolute Gasteiger partial charge is 0.504 e. The number of aromatic hydroxyl groups is 1. The Balaban J connectivity index is 0.000000145. The monoisotopic (exact) mass is 724 g/mol. The molecule has 282 valence electrons. The van der Waals surface area contributed by atoms with Crippen molar-refractivity contribution in [2.45, 2.75) is 111 Å². The van der Waals surface area contributed by atoms with Gasteiger partial charge in [0.15, 0.2) is 35.3 Å².